The topological polar surface area (TPSA) is 75.4 Å². The molecule has 2 amide bonds. The van der Waals surface area contributed by atoms with Crippen LogP contribution in [0.25, 0.3) is 0 Å². The highest BCUT2D eigenvalue weighted by Crippen LogP contribution is 2.22. The van der Waals surface area contributed by atoms with E-state index in [1.54, 1.807) is 19.1 Å². The average molecular weight is 340 g/mol. The van der Waals surface area contributed by atoms with Crippen LogP contribution in [0.4, 0.5) is 5.69 Å². The standard InChI is InChI=1S/C17H25N3O2.ClH/c1-12-7-9-20(10-8-12)17(22)14-5-3-4-6-15(14)19-16(21)13(2)11-18;/h3-6,12-13H,7-11,18H2,1-2H3,(H,19,21);1H. The van der Waals surface area contributed by atoms with E-state index in [0.717, 1.165) is 25.9 Å². The van der Waals surface area contributed by atoms with Gasteiger partial charge in [0, 0.05) is 25.6 Å². The molecular formula is C17H26ClN3O2. The maximum Gasteiger partial charge on any atom is 0.255 e. The largest absolute Gasteiger partial charge is 0.339 e. The van der Waals surface area contributed by atoms with Crippen molar-refractivity contribution in [3.63, 3.8) is 0 Å². The molecule has 0 radical (unpaired) electrons. The summed E-state index contributed by atoms with van der Waals surface area (Å²) in [5, 5.41) is 2.82. The molecule has 1 unspecified atom stereocenters. The summed E-state index contributed by atoms with van der Waals surface area (Å²) in [6.07, 6.45) is 2.06. The van der Waals surface area contributed by atoms with Gasteiger partial charge >= 0.3 is 0 Å². The predicted molar refractivity (Wildman–Crippen MR) is 94.8 cm³/mol. The minimum absolute atomic E-state index is 0. The second-order valence-corrected chi connectivity index (χ2v) is 6.15. The number of anilines is 1. The van der Waals surface area contributed by atoms with Gasteiger partial charge in [0.2, 0.25) is 5.91 Å². The maximum absolute atomic E-state index is 12.7. The molecule has 1 aliphatic rings. The predicted octanol–water partition coefficient (Wildman–Crippen LogP) is 2.51. The maximum atomic E-state index is 12.7. The van der Waals surface area contributed by atoms with E-state index in [4.69, 9.17) is 5.73 Å². The highest BCUT2D eigenvalue weighted by Gasteiger charge is 2.24. The molecule has 5 nitrogen and oxygen atoms in total. The Bertz CT molecular complexity index is 542. The number of hydrogen-bond acceptors (Lipinski definition) is 3. The van der Waals surface area contributed by atoms with E-state index in [1.807, 2.05) is 17.0 Å². The van der Waals surface area contributed by atoms with E-state index in [1.165, 1.54) is 0 Å². The smallest absolute Gasteiger partial charge is 0.255 e. The van der Waals surface area contributed by atoms with E-state index in [2.05, 4.69) is 12.2 Å². The lowest BCUT2D eigenvalue weighted by molar-refractivity contribution is -0.119. The van der Waals surface area contributed by atoms with Crippen LogP contribution in [-0.2, 0) is 4.79 Å². The zero-order valence-electron chi connectivity index (χ0n) is 13.7. The molecule has 6 heteroatoms. The van der Waals surface area contributed by atoms with Crippen LogP contribution in [0.2, 0.25) is 0 Å². The van der Waals surface area contributed by atoms with Crippen molar-refractivity contribution >= 4 is 29.9 Å². The minimum Gasteiger partial charge on any atom is -0.339 e. The fraction of sp³-hybridized carbons (Fsp3) is 0.529. The van der Waals surface area contributed by atoms with Crippen molar-refractivity contribution in [2.24, 2.45) is 17.6 Å². The van der Waals surface area contributed by atoms with E-state index in [0.29, 0.717) is 17.2 Å². The highest BCUT2D eigenvalue weighted by molar-refractivity contribution is 6.04. The Kier molecular flexibility index (Phi) is 7.52. The highest BCUT2D eigenvalue weighted by atomic mass is 35.5. The summed E-state index contributed by atoms with van der Waals surface area (Å²) in [5.74, 6) is 0.224. The number of halogens is 1. The van der Waals surface area contributed by atoms with Gasteiger partial charge < -0.3 is 16.0 Å². The lowest BCUT2D eigenvalue weighted by Gasteiger charge is -2.30. The number of carbonyl (C=O) groups excluding carboxylic acids is 2. The number of piperidine rings is 1. The number of nitrogens with zero attached hydrogens (tertiary/aromatic N) is 1. The Hall–Kier alpha value is -1.59. The van der Waals surface area contributed by atoms with Gasteiger partial charge in [-0.2, -0.15) is 0 Å². The van der Waals surface area contributed by atoms with Gasteiger partial charge in [-0.3, -0.25) is 9.59 Å². The summed E-state index contributed by atoms with van der Waals surface area (Å²) in [5.41, 5.74) is 6.64. The van der Waals surface area contributed by atoms with Crippen LogP contribution in [0.1, 0.15) is 37.0 Å². The number of nitrogens with one attached hydrogen (secondary N) is 1. The van der Waals surface area contributed by atoms with Gasteiger partial charge in [0.05, 0.1) is 11.3 Å². The number of carbonyl (C=O) groups is 2. The number of rotatable bonds is 4. The SMILES string of the molecule is CC1CCN(C(=O)c2ccccc2NC(=O)C(C)CN)CC1.Cl. The van der Waals surface area contributed by atoms with Gasteiger partial charge in [-0.15, -0.1) is 12.4 Å². The number of amides is 2. The Morgan fingerprint density at radius 2 is 1.91 bits per heavy atom. The number of likely N-dealkylation sites (tertiary alicyclic amines) is 1. The number of benzene rings is 1. The van der Waals surface area contributed by atoms with Crippen LogP contribution in [0, 0.1) is 11.8 Å². The molecule has 2 rings (SSSR count). The molecule has 1 aliphatic heterocycles. The second kappa shape index (κ2) is 8.89. The first kappa shape index (κ1) is 19.5. The third-order valence-electron chi connectivity index (χ3n) is 4.29. The summed E-state index contributed by atoms with van der Waals surface area (Å²) >= 11 is 0. The Balaban J connectivity index is 0.00000264. The first-order chi connectivity index (χ1) is 10.5. The lowest BCUT2D eigenvalue weighted by Crippen LogP contribution is -2.38. The third-order valence-corrected chi connectivity index (χ3v) is 4.29. The Morgan fingerprint density at radius 3 is 2.52 bits per heavy atom. The van der Waals surface area contributed by atoms with Crippen molar-refractivity contribution in [1.82, 2.24) is 4.90 Å². The molecule has 0 spiro atoms. The summed E-state index contributed by atoms with van der Waals surface area (Å²) in [4.78, 5) is 26.6. The molecule has 0 bridgehead atoms. The Labute approximate surface area is 144 Å². The van der Waals surface area contributed by atoms with Gasteiger partial charge in [-0.1, -0.05) is 26.0 Å². The van der Waals surface area contributed by atoms with Crippen LogP contribution in [0.15, 0.2) is 24.3 Å². The van der Waals surface area contributed by atoms with Crippen LogP contribution < -0.4 is 11.1 Å². The fourth-order valence-electron chi connectivity index (χ4n) is 2.52. The molecule has 1 atom stereocenters. The molecule has 1 aromatic rings. The molecule has 1 fully saturated rings. The van der Waals surface area contributed by atoms with Crippen molar-refractivity contribution in [3.8, 4) is 0 Å². The number of nitrogens with two attached hydrogens (primary N) is 1. The quantitative estimate of drug-likeness (QED) is 0.885. The molecule has 1 saturated heterocycles. The van der Waals surface area contributed by atoms with Crippen LogP contribution in [-0.4, -0.2) is 36.3 Å². The van der Waals surface area contributed by atoms with E-state index < -0.39 is 0 Å². The first-order valence-corrected chi connectivity index (χ1v) is 7.92. The van der Waals surface area contributed by atoms with Gasteiger partial charge in [0.15, 0.2) is 0 Å². The second-order valence-electron chi connectivity index (χ2n) is 6.15. The van der Waals surface area contributed by atoms with E-state index >= 15 is 0 Å². The van der Waals surface area contributed by atoms with Crippen molar-refractivity contribution < 1.29 is 9.59 Å². The summed E-state index contributed by atoms with van der Waals surface area (Å²) in [7, 11) is 0. The molecule has 23 heavy (non-hydrogen) atoms. The summed E-state index contributed by atoms with van der Waals surface area (Å²) in [6.45, 7) is 5.82. The molecule has 0 aliphatic carbocycles. The number of hydrogen-bond donors (Lipinski definition) is 2. The molecule has 1 aromatic carbocycles. The third kappa shape index (κ3) is 4.94. The zero-order valence-corrected chi connectivity index (χ0v) is 14.6. The van der Waals surface area contributed by atoms with E-state index in [-0.39, 0.29) is 36.7 Å². The molecular weight excluding hydrogens is 314 g/mol. The minimum atomic E-state index is -0.279. The van der Waals surface area contributed by atoms with Gasteiger partial charge in [-0.25, -0.2) is 0 Å². The van der Waals surface area contributed by atoms with Gasteiger partial charge in [0.25, 0.3) is 5.91 Å². The Morgan fingerprint density at radius 1 is 1.30 bits per heavy atom. The van der Waals surface area contributed by atoms with E-state index in [9.17, 15) is 9.59 Å². The monoisotopic (exact) mass is 339 g/mol. The fourth-order valence-corrected chi connectivity index (χ4v) is 2.52. The molecule has 3 N–H and O–H groups in total. The number of para-hydroxylation sites is 1. The van der Waals surface area contributed by atoms with Crippen LogP contribution >= 0.6 is 12.4 Å². The molecule has 0 saturated carbocycles. The normalized spacial score (nSPS) is 16.4. The van der Waals surface area contributed by atoms with Crippen molar-refractivity contribution in [2.75, 3.05) is 25.0 Å². The zero-order chi connectivity index (χ0) is 16.1. The van der Waals surface area contributed by atoms with Crippen molar-refractivity contribution in [2.45, 2.75) is 26.7 Å². The van der Waals surface area contributed by atoms with Gasteiger partial charge in [0.1, 0.15) is 0 Å². The lowest BCUT2D eigenvalue weighted by atomic mass is 9.98. The molecule has 0 aromatic heterocycles. The molecule has 1 heterocycles. The van der Waals surface area contributed by atoms with Crippen LogP contribution in [0.3, 0.4) is 0 Å². The van der Waals surface area contributed by atoms with Crippen molar-refractivity contribution in [1.29, 1.82) is 0 Å². The first-order valence-electron chi connectivity index (χ1n) is 7.92. The molecule has 128 valence electrons. The van der Waals surface area contributed by atoms with Crippen LogP contribution in [0.5, 0.6) is 0 Å². The van der Waals surface area contributed by atoms with Crippen molar-refractivity contribution in [3.05, 3.63) is 29.8 Å². The average Bonchev–Trinajstić information content (AvgIpc) is 2.54. The summed E-state index contributed by atoms with van der Waals surface area (Å²) < 4.78 is 0. The summed E-state index contributed by atoms with van der Waals surface area (Å²) in [6, 6.07) is 7.17. The van der Waals surface area contributed by atoms with Gasteiger partial charge in [-0.05, 0) is 30.9 Å².